The van der Waals surface area contributed by atoms with Gasteiger partial charge in [0, 0.05) is 23.0 Å². The molecule has 2 atom stereocenters. The van der Waals surface area contributed by atoms with Crippen LogP contribution in [-0.4, -0.2) is 11.3 Å². The second kappa shape index (κ2) is 4.22. The maximum absolute atomic E-state index is 6.22. The van der Waals surface area contributed by atoms with Gasteiger partial charge in [-0.05, 0) is 18.4 Å². The topological polar surface area (TPSA) is 65.9 Å². The summed E-state index contributed by atoms with van der Waals surface area (Å²) in [7, 11) is 0. The van der Waals surface area contributed by atoms with Crippen molar-refractivity contribution in [2.24, 2.45) is 5.73 Å². The summed E-state index contributed by atoms with van der Waals surface area (Å²) in [5.74, 6) is 0. The molecule has 0 bridgehead atoms. The van der Waals surface area contributed by atoms with Crippen molar-refractivity contribution in [3.63, 3.8) is 0 Å². The minimum atomic E-state index is -0.263. The monoisotopic (exact) mass is 250 g/mol. The minimum Gasteiger partial charge on any atom is -0.363 e. The van der Waals surface area contributed by atoms with Crippen molar-refractivity contribution in [3.05, 3.63) is 33.6 Å². The fourth-order valence-corrected chi connectivity index (χ4v) is 2.60. The molecule has 90 valence electrons. The second-order valence-corrected chi connectivity index (χ2v) is 4.77. The number of hydrogen-bond donors (Lipinski definition) is 4. The molecule has 1 aliphatic carbocycles. The number of aromatic nitrogens is 1. The van der Waals surface area contributed by atoms with Gasteiger partial charge in [-0.1, -0.05) is 23.8 Å². The first kappa shape index (κ1) is 10.9. The normalized spacial score (nSPS) is 27.3. The van der Waals surface area contributed by atoms with Crippen LogP contribution in [0.15, 0.2) is 17.4 Å². The van der Waals surface area contributed by atoms with E-state index in [1.165, 1.54) is 10.6 Å². The van der Waals surface area contributed by atoms with Crippen LogP contribution >= 0.6 is 11.6 Å². The third kappa shape index (κ3) is 1.88. The van der Waals surface area contributed by atoms with Crippen LogP contribution in [0.4, 0.5) is 0 Å². The van der Waals surface area contributed by atoms with Crippen LogP contribution in [0.5, 0.6) is 0 Å². The zero-order chi connectivity index (χ0) is 11.8. The average Bonchev–Trinajstić information content (AvgIpc) is 2.76. The molecule has 1 aromatic rings. The molecule has 5 heteroatoms. The number of halogens is 1. The molecular formula is C12H15ClN4. The Morgan fingerprint density at radius 1 is 1.29 bits per heavy atom. The van der Waals surface area contributed by atoms with E-state index in [9.17, 15) is 0 Å². The quantitative estimate of drug-likeness (QED) is 0.564. The van der Waals surface area contributed by atoms with E-state index in [4.69, 9.17) is 17.3 Å². The van der Waals surface area contributed by atoms with Crippen LogP contribution in [0.1, 0.15) is 24.4 Å². The summed E-state index contributed by atoms with van der Waals surface area (Å²) in [4.78, 5) is 3.29. The summed E-state index contributed by atoms with van der Waals surface area (Å²) >= 11 is 6.22. The molecule has 0 saturated heterocycles. The largest absolute Gasteiger partial charge is 0.363 e. The van der Waals surface area contributed by atoms with Crippen LogP contribution < -0.4 is 26.9 Å². The third-order valence-electron chi connectivity index (χ3n) is 3.18. The Labute approximate surface area is 104 Å². The second-order valence-electron chi connectivity index (χ2n) is 4.33. The minimum absolute atomic E-state index is 0.0318. The molecule has 17 heavy (non-hydrogen) atoms. The predicted octanol–water partition coefficient (Wildman–Crippen LogP) is -0.0741. The number of nitrogens with one attached hydrogen (secondary N) is 3. The van der Waals surface area contributed by atoms with Crippen molar-refractivity contribution in [1.29, 1.82) is 0 Å². The lowest BCUT2D eigenvalue weighted by atomic mass is 10.0. The van der Waals surface area contributed by atoms with E-state index in [2.05, 4.69) is 27.8 Å². The molecule has 1 aromatic heterocycles. The molecule has 0 aromatic carbocycles. The Morgan fingerprint density at radius 3 is 3.00 bits per heavy atom. The number of fused-ring (bicyclic) bond motifs is 1. The van der Waals surface area contributed by atoms with Crippen molar-refractivity contribution in [2.45, 2.75) is 25.2 Å². The highest BCUT2D eigenvalue weighted by molar-refractivity contribution is 6.30. The van der Waals surface area contributed by atoms with Crippen molar-refractivity contribution in [1.82, 2.24) is 15.6 Å². The summed E-state index contributed by atoms with van der Waals surface area (Å²) in [6.45, 7) is 0. The fraction of sp³-hybridized carbons (Fsp3) is 0.333. The number of nitrogens with two attached hydrogens (primary N) is 1. The Morgan fingerprint density at radius 2 is 2.12 bits per heavy atom. The van der Waals surface area contributed by atoms with Gasteiger partial charge in [0.25, 0.3) is 0 Å². The standard InChI is InChI=1S/C12H15ClN4/c13-9-6-16-12(14)17-11(9)8-5-15-10-4-2-1-3-7(8)10/h3-6,11-12,15-17H,1-2,14H2. The van der Waals surface area contributed by atoms with Gasteiger partial charge in [0.2, 0.25) is 0 Å². The number of H-pyrrole nitrogens is 1. The number of hydrogen-bond acceptors (Lipinski definition) is 3. The van der Waals surface area contributed by atoms with Crippen LogP contribution in [-0.2, 0) is 0 Å². The van der Waals surface area contributed by atoms with Gasteiger partial charge in [-0.2, -0.15) is 0 Å². The van der Waals surface area contributed by atoms with Crippen molar-refractivity contribution in [2.75, 3.05) is 0 Å². The van der Waals surface area contributed by atoms with Crippen LogP contribution in [0.3, 0.4) is 0 Å². The molecule has 5 N–H and O–H groups in total. The smallest absolute Gasteiger partial charge is 0.130 e. The molecule has 0 fully saturated rings. The number of aromatic amines is 1. The van der Waals surface area contributed by atoms with E-state index in [0.717, 1.165) is 23.4 Å². The summed E-state index contributed by atoms with van der Waals surface area (Å²) in [5, 5.41) is 9.34. The lowest BCUT2D eigenvalue weighted by Gasteiger charge is -2.27. The summed E-state index contributed by atoms with van der Waals surface area (Å²) < 4.78 is 0. The molecular weight excluding hydrogens is 236 g/mol. The lowest BCUT2D eigenvalue weighted by Crippen LogP contribution is -2.52. The van der Waals surface area contributed by atoms with Crippen LogP contribution in [0.25, 0.3) is 12.2 Å². The first-order valence-corrected chi connectivity index (χ1v) is 6.14. The van der Waals surface area contributed by atoms with Crippen molar-refractivity contribution < 1.29 is 0 Å². The van der Waals surface area contributed by atoms with Crippen molar-refractivity contribution in [3.8, 4) is 0 Å². The van der Waals surface area contributed by atoms with Gasteiger partial charge in [-0.3, -0.25) is 11.1 Å². The Balaban J connectivity index is 2.08. The predicted molar refractivity (Wildman–Crippen MR) is 69.1 cm³/mol. The average molecular weight is 251 g/mol. The molecule has 2 heterocycles. The SMILES string of the molecule is NC1NC=C(Cl)C(c2c[nH]c3c2=CCCC=3)N1. The highest BCUT2D eigenvalue weighted by Gasteiger charge is 2.23. The van der Waals surface area contributed by atoms with Gasteiger partial charge >= 0.3 is 0 Å². The molecule has 2 aliphatic rings. The first-order chi connectivity index (χ1) is 8.25. The molecule has 0 saturated carbocycles. The van der Waals surface area contributed by atoms with Gasteiger partial charge in [0.05, 0.1) is 11.1 Å². The van der Waals surface area contributed by atoms with Gasteiger partial charge < -0.3 is 10.3 Å². The molecule has 0 radical (unpaired) electrons. The maximum Gasteiger partial charge on any atom is 0.130 e. The summed E-state index contributed by atoms with van der Waals surface area (Å²) in [5.41, 5.74) is 6.98. The van der Waals surface area contributed by atoms with E-state index in [1.807, 2.05) is 6.20 Å². The van der Waals surface area contributed by atoms with Gasteiger partial charge in [0.1, 0.15) is 6.29 Å². The zero-order valence-corrected chi connectivity index (χ0v) is 10.1. The number of rotatable bonds is 1. The molecule has 3 rings (SSSR count). The van der Waals surface area contributed by atoms with Crippen LogP contribution in [0, 0.1) is 0 Å². The van der Waals surface area contributed by atoms with Crippen molar-refractivity contribution >= 4 is 23.8 Å². The molecule has 0 amide bonds. The van der Waals surface area contributed by atoms with Gasteiger partial charge in [-0.25, -0.2) is 0 Å². The molecule has 0 spiro atoms. The Hall–Kier alpha value is -1.23. The van der Waals surface area contributed by atoms with Crippen LogP contribution in [0.2, 0.25) is 0 Å². The van der Waals surface area contributed by atoms with Gasteiger partial charge in [0.15, 0.2) is 0 Å². The Kier molecular flexibility index (Phi) is 2.70. The Bertz CT molecular complexity index is 572. The first-order valence-electron chi connectivity index (χ1n) is 5.76. The van der Waals surface area contributed by atoms with E-state index in [-0.39, 0.29) is 12.3 Å². The van der Waals surface area contributed by atoms with Gasteiger partial charge in [-0.15, -0.1) is 0 Å². The van der Waals surface area contributed by atoms with E-state index < -0.39 is 0 Å². The fourth-order valence-electron chi connectivity index (χ4n) is 2.36. The molecule has 4 nitrogen and oxygen atoms in total. The summed E-state index contributed by atoms with van der Waals surface area (Å²) in [6, 6.07) is -0.0318. The van der Waals surface area contributed by atoms with E-state index >= 15 is 0 Å². The molecule has 2 unspecified atom stereocenters. The summed E-state index contributed by atoms with van der Waals surface area (Å²) in [6.07, 6.45) is 10.2. The lowest BCUT2D eigenvalue weighted by molar-refractivity contribution is 0.424. The van der Waals surface area contributed by atoms with E-state index in [0.29, 0.717) is 0 Å². The van der Waals surface area contributed by atoms with E-state index in [1.54, 1.807) is 6.20 Å². The molecule has 1 aliphatic heterocycles. The highest BCUT2D eigenvalue weighted by Crippen LogP contribution is 2.23. The highest BCUT2D eigenvalue weighted by atomic mass is 35.5. The zero-order valence-electron chi connectivity index (χ0n) is 9.33. The maximum atomic E-state index is 6.22. The third-order valence-corrected chi connectivity index (χ3v) is 3.51.